The van der Waals surface area contributed by atoms with Crippen molar-refractivity contribution >= 4 is 45.2 Å². The number of benzene rings is 4. The first-order valence-corrected chi connectivity index (χ1v) is 25.0. The Balaban J connectivity index is 1.52. The smallest absolute Gasteiger partial charge is 0.238 e. The van der Waals surface area contributed by atoms with Crippen molar-refractivity contribution < 1.29 is 65.6 Å². The van der Waals surface area contributed by atoms with Crippen molar-refractivity contribution in [1.29, 1.82) is 0 Å². The second kappa shape index (κ2) is 26.4. The van der Waals surface area contributed by atoms with Gasteiger partial charge in [0.05, 0.1) is 107 Å². The first-order chi connectivity index (χ1) is 35.2. The van der Waals surface area contributed by atoms with Gasteiger partial charge in [-0.05, 0) is 47.5 Å². The van der Waals surface area contributed by atoms with Gasteiger partial charge in [0.15, 0.2) is 9.84 Å². The summed E-state index contributed by atoms with van der Waals surface area (Å²) in [4.78, 5) is 42.2. The van der Waals surface area contributed by atoms with E-state index in [9.17, 15) is 9.59 Å². The van der Waals surface area contributed by atoms with Crippen LogP contribution in [0.25, 0.3) is 12.2 Å². The van der Waals surface area contributed by atoms with E-state index in [1.54, 1.807) is 87.0 Å². The average molecular weight is 1030 g/mol. The fraction of sp³-hybridized carbons (Fsp3) is 0.423. The van der Waals surface area contributed by atoms with Gasteiger partial charge in [-0.1, -0.05) is 24.3 Å². The molecule has 21 heteroatoms. The number of hydrogen-bond acceptors (Lipinski definition) is 18. The number of ether oxygens (including phenoxy) is 8. The summed E-state index contributed by atoms with van der Waals surface area (Å²) in [6, 6.07) is 16.3. The van der Waals surface area contributed by atoms with Gasteiger partial charge in [0, 0.05) is 76.6 Å². The van der Waals surface area contributed by atoms with Crippen LogP contribution in [0.5, 0.6) is 46.0 Å². The number of carbonyl (C=O) groups excluding carboxylic acids is 2. The molecule has 0 bridgehead atoms. The molecule has 2 aliphatic heterocycles. The molecule has 4 aromatic rings. The van der Waals surface area contributed by atoms with Gasteiger partial charge in [0.2, 0.25) is 11.8 Å². The highest BCUT2D eigenvalue weighted by atomic mass is 32.2. The molecule has 0 aromatic heterocycles. The third-order valence-corrected chi connectivity index (χ3v) is 14.9. The number of nitrogens with one attached hydrogen (secondary N) is 2. The van der Waals surface area contributed by atoms with E-state index in [0.29, 0.717) is 109 Å². The Kier molecular flexibility index (Phi) is 20.1. The number of nitrogens with zero attached hydrogens (tertiary/aromatic N) is 4. The van der Waals surface area contributed by atoms with E-state index in [2.05, 4.69) is 10.6 Å². The molecule has 2 N–H and O–H groups in total. The number of rotatable bonds is 24. The molecule has 2 aliphatic rings. The van der Waals surface area contributed by atoms with E-state index >= 15 is 8.42 Å². The maximum absolute atomic E-state index is 16.2. The summed E-state index contributed by atoms with van der Waals surface area (Å²) in [6.45, 7) is 5.08. The molecule has 0 saturated carbocycles. The van der Waals surface area contributed by atoms with E-state index < -0.39 is 20.3 Å². The van der Waals surface area contributed by atoms with Gasteiger partial charge >= 0.3 is 0 Å². The van der Waals surface area contributed by atoms with Gasteiger partial charge in [-0.3, -0.25) is 19.4 Å². The number of sulfone groups is 1. The van der Waals surface area contributed by atoms with Crippen LogP contribution in [0.2, 0.25) is 0 Å². The molecule has 2 saturated heterocycles. The van der Waals surface area contributed by atoms with Crippen LogP contribution in [-0.2, 0) is 29.1 Å². The van der Waals surface area contributed by atoms with Gasteiger partial charge in [-0.25, -0.2) is 8.42 Å². The van der Waals surface area contributed by atoms with Crippen LogP contribution in [-0.4, -0.2) is 177 Å². The summed E-state index contributed by atoms with van der Waals surface area (Å²) in [5, 5.41) is 6.71. The molecule has 6 rings (SSSR count). The van der Waals surface area contributed by atoms with E-state index in [1.807, 2.05) is 19.9 Å². The summed E-state index contributed by atoms with van der Waals surface area (Å²) in [5.74, 6) is 2.29. The van der Waals surface area contributed by atoms with Crippen molar-refractivity contribution in [2.75, 3.05) is 147 Å². The van der Waals surface area contributed by atoms with E-state index in [4.69, 9.17) is 47.6 Å². The van der Waals surface area contributed by atoms with E-state index in [1.165, 1.54) is 69.0 Å². The highest BCUT2D eigenvalue weighted by Gasteiger charge is 2.36. The Morgan fingerprint density at radius 2 is 0.808 bits per heavy atom. The van der Waals surface area contributed by atoms with Crippen molar-refractivity contribution in [3.63, 3.8) is 0 Å². The standard InChI is InChI=1S/C52H68N6O14S/c1-63-37-29-45(67-5)39(46(30-37)68-6)13-17-49(35-11-15-43(65-3)41(27-35)53-51(59)33-55-19-23-57(71-9)24-20-55)73(61,62)50(18-14-40-47(69-7)31-38(64-2)32-48(40)70-8)36-12-16-44(66-4)42(28-36)54-52(60)34-56-21-25-58(72-10)26-22-56/h11-18,27-32,49-50H,19-26,33-34H2,1-10H3,(H,53,59)(H,54,60)/b17-13+,18-14+. The topological polar surface area (TPSA) is 198 Å². The zero-order valence-corrected chi connectivity index (χ0v) is 44.0. The quantitative estimate of drug-likeness (QED) is 0.0877. The molecule has 2 fully saturated rings. The van der Waals surface area contributed by atoms with Crippen molar-refractivity contribution in [2.45, 2.75) is 10.5 Å². The van der Waals surface area contributed by atoms with E-state index in [-0.39, 0.29) is 47.4 Å². The summed E-state index contributed by atoms with van der Waals surface area (Å²) >= 11 is 0. The summed E-state index contributed by atoms with van der Waals surface area (Å²) < 4.78 is 77.8. The van der Waals surface area contributed by atoms with Gasteiger partial charge < -0.3 is 58.2 Å². The summed E-state index contributed by atoms with van der Waals surface area (Å²) in [7, 11) is 10.6. The number of anilines is 2. The van der Waals surface area contributed by atoms with Gasteiger partial charge in [0.25, 0.3) is 0 Å². The fourth-order valence-electron chi connectivity index (χ4n) is 8.67. The first kappa shape index (κ1) is 55.7. The zero-order chi connectivity index (χ0) is 52.7. The molecule has 73 heavy (non-hydrogen) atoms. The molecule has 0 radical (unpaired) electrons. The SMILES string of the molecule is COc1cc(OC)c(/C=C/C(c2ccc(OC)c(NC(=O)CN3CCN(OC)CC3)c2)S(=O)(=O)C(/C=C/c2c(OC)cc(OC)cc2OC)c2ccc(OC)c(NC(=O)CN3CCN(OC)CC3)c2)c(OC)c1. The third-order valence-electron chi connectivity index (χ3n) is 12.7. The highest BCUT2D eigenvalue weighted by Crippen LogP contribution is 2.44. The lowest BCUT2D eigenvalue weighted by molar-refractivity contribution is -0.153. The number of carbonyl (C=O) groups is 2. The maximum atomic E-state index is 16.2. The van der Waals surface area contributed by atoms with Crippen LogP contribution >= 0.6 is 0 Å². The molecule has 2 amide bonds. The molecule has 4 aromatic carbocycles. The third kappa shape index (κ3) is 13.9. The molecule has 396 valence electrons. The lowest BCUT2D eigenvalue weighted by Crippen LogP contribution is -2.48. The predicted octanol–water partition coefficient (Wildman–Crippen LogP) is 5.61. The predicted molar refractivity (Wildman–Crippen MR) is 278 cm³/mol. The van der Waals surface area contributed by atoms with Crippen LogP contribution in [0.4, 0.5) is 11.4 Å². The minimum Gasteiger partial charge on any atom is -0.496 e. The molecule has 2 atom stereocenters. The molecular formula is C52H68N6O14S. The Morgan fingerprint density at radius 1 is 0.479 bits per heavy atom. The van der Waals surface area contributed by atoms with Gasteiger partial charge in [-0.15, -0.1) is 0 Å². The number of piperazine rings is 2. The second-order valence-electron chi connectivity index (χ2n) is 16.8. The monoisotopic (exact) mass is 1030 g/mol. The van der Waals surface area contributed by atoms with Crippen molar-refractivity contribution in [3.8, 4) is 46.0 Å². The molecule has 0 spiro atoms. The van der Waals surface area contributed by atoms with Gasteiger partial charge in [-0.2, -0.15) is 10.1 Å². The van der Waals surface area contributed by atoms with E-state index in [0.717, 1.165) is 0 Å². The minimum absolute atomic E-state index is 0.0789. The average Bonchev–Trinajstić information content (AvgIpc) is 3.40. The fourth-order valence-corrected chi connectivity index (χ4v) is 10.6. The number of amides is 2. The number of hydroxylamine groups is 4. The first-order valence-electron chi connectivity index (χ1n) is 23.4. The molecule has 0 aliphatic carbocycles. The van der Waals surface area contributed by atoms with Crippen LogP contribution in [0.15, 0.2) is 72.8 Å². The van der Waals surface area contributed by atoms with Crippen molar-refractivity contribution in [3.05, 3.63) is 95.1 Å². The lowest BCUT2D eigenvalue weighted by atomic mass is 10.1. The largest absolute Gasteiger partial charge is 0.496 e. The summed E-state index contributed by atoms with van der Waals surface area (Å²) in [6.07, 6.45) is 6.30. The second-order valence-corrected chi connectivity index (χ2v) is 19.0. The van der Waals surface area contributed by atoms with Crippen LogP contribution < -0.4 is 48.5 Å². The number of methoxy groups -OCH3 is 8. The Labute approximate surface area is 428 Å². The highest BCUT2D eigenvalue weighted by molar-refractivity contribution is 7.92. The molecular weight excluding hydrogens is 965 g/mol. The zero-order valence-electron chi connectivity index (χ0n) is 43.2. The Morgan fingerprint density at radius 3 is 1.10 bits per heavy atom. The maximum Gasteiger partial charge on any atom is 0.238 e. The molecule has 2 heterocycles. The van der Waals surface area contributed by atoms with Gasteiger partial charge in [0.1, 0.15) is 56.5 Å². The van der Waals surface area contributed by atoms with Crippen LogP contribution in [0.1, 0.15) is 32.8 Å². The Bertz CT molecular complexity index is 2460. The molecule has 2 unspecified atom stereocenters. The van der Waals surface area contributed by atoms with Crippen LogP contribution in [0, 0.1) is 0 Å². The number of hydrogen-bond donors (Lipinski definition) is 2. The summed E-state index contributed by atoms with van der Waals surface area (Å²) in [5.41, 5.74) is 1.93. The van der Waals surface area contributed by atoms with Crippen molar-refractivity contribution in [2.24, 2.45) is 0 Å². The minimum atomic E-state index is -4.55. The Hall–Kier alpha value is -6.59. The molecule has 20 nitrogen and oxygen atoms in total. The lowest BCUT2D eigenvalue weighted by Gasteiger charge is -2.32. The normalized spacial score (nSPS) is 15.9. The van der Waals surface area contributed by atoms with Crippen LogP contribution in [0.3, 0.4) is 0 Å². The van der Waals surface area contributed by atoms with Crippen molar-refractivity contribution in [1.82, 2.24) is 19.9 Å².